The van der Waals surface area contributed by atoms with E-state index in [9.17, 15) is 5.11 Å². The lowest BCUT2D eigenvalue weighted by atomic mass is 10.1. The lowest BCUT2D eigenvalue weighted by molar-refractivity contribution is 0.0710. The minimum atomic E-state index is -0.530. The minimum absolute atomic E-state index is 0.530. The van der Waals surface area contributed by atoms with Gasteiger partial charge in [0, 0.05) is 13.1 Å². The van der Waals surface area contributed by atoms with Crippen LogP contribution in [0.4, 0.5) is 0 Å². The van der Waals surface area contributed by atoms with Gasteiger partial charge in [0.25, 0.3) is 0 Å². The molecular formula is C12H26N2O. The van der Waals surface area contributed by atoms with Gasteiger partial charge < -0.3 is 15.3 Å². The largest absolute Gasteiger partial charge is 0.390 e. The number of nitrogens with one attached hydrogen (secondary N) is 1. The number of nitrogens with zero attached hydrogens (tertiary/aromatic N) is 1. The Labute approximate surface area is 93.9 Å². The maximum atomic E-state index is 9.52. The molecule has 1 heterocycles. The second-order valence-corrected chi connectivity index (χ2v) is 5.21. The fourth-order valence-electron chi connectivity index (χ4n) is 1.94. The molecule has 1 aliphatic rings. The first kappa shape index (κ1) is 12.9. The molecule has 0 radical (unpaired) electrons. The Morgan fingerprint density at radius 1 is 1.13 bits per heavy atom. The van der Waals surface area contributed by atoms with Crippen LogP contribution in [0.3, 0.4) is 0 Å². The van der Waals surface area contributed by atoms with Crippen LogP contribution >= 0.6 is 0 Å². The number of likely N-dealkylation sites (tertiary alicyclic amines) is 1. The second-order valence-electron chi connectivity index (χ2n) is 5.21. The van der Waals surface area contributed by atoms with E-state index in [0.717, 1.165) is 26.1 Å². The SMILES string of the molecule is CC(C)(O)CCNCCN1CCCCC1. The Morgan fingerprint density at radius 2 is 1.80 bits per heavy atom. The van der Waals surface area contributed by atoms with E-state index in [-0.39, 0.29) is 0 Å². The molecule has 0 aromatic heterocycles. The summed E-state index contributed by atoms with van der Waals surface area (Å²) in [5, 5.41) is 12.9. The Bertz CT molecular complexity index is 159. The molecule has 1 aliphatic heterocycles. The van der Waals surface area contributed by atoms with Gasteiger partial charge in [-0.15, -0.1) is 0 Å². The van der Waals surface area contributed by atoms with Crippen molar-refractivity contribution in [1.29, 1.82) is 0 Å². The van der Waals surface area contributed by atoms with Crippen molar-refractivity contribution in [2.75, 3.05) is 32.7 Å². The van der Waals surface area contributed by atoms with Crippen LogP contribution in [0, 0.1) is 0 Å². The van der Waals surface area contributed by atoms with E-state index in [1.54, 1.807) is 0 Å². The van der Waals surface area contributed by atoms with Crippen LogP contribution in [-0.2, 0) is 0 Å². The maximum Gasteiger partial charge on any atom is 0.0603 e. The lowest BCUT2D eigenvalue weighted by Gasteiger charge is -2.26. The molecule has 0 atom stereocenters. The molecule has 0 amide bonds. The zero-order chi connectivity index (χ0) is 11.1. The number of rotatable bonds is 6. The molecule has 3 nitrogen and oxygen atoms in total. The monoisotopic (exact) mass is 214 g/mol. The van der Waals surface area contributed by atoms with Crippen molar-refractivity contribution < 1.29 is 5.11 Å². The molecule has 3 heteroatoms. The van der Waals surface area contributed by atoms with Gasteiger partial charge in [-0.1, -0.05) is 6.42 Å². The predicted octanol–water partition coefficient (Wildman–Crippen LogP) is 1.22. The summed E-state index contributed by atoms with van der Waals surface area (Å²) >= 11 is 0. The summed E-state index contributed by atoms with van der Waals surface area (Å²) in [5.74, 6) is 0. The van der Waals surface area contributed by atoms with Crippen molar-refractivity contribution in [2.24, 2.45) is 0 Å². The molecule has 0 spiro atoms. The molecule has 1 rings (SSSR count). The third kappa shape index (κ3) is 6.88. The van der Waals surface area contributed by atoms with Crippen molar-refractivity contribution in [1.82, 2.24) is 10.2 Å². The number of piperidine rings is 1. The Kier molecular flexibility index (Phi) is 5.58. The van der Waals surface area contributed by atoms with Gasteiger partial charge in [0.2, 0.25) is 0 Å². The summed E-state index contributed by atoms with van der Waals surface area (Å²) in [5.41, 5.74) is -0.530. The molecule has 15 heavy (non-hydrogen) atoms. The Hall–Kier alpha value is -0.120. The van der Waals surface area contributed by atoms with Crippen LogP contribution in [0.15, 0.2) is 0 Å². The number of aliphatic hydroxyl groups is 1. The summed E-state index contributed by atoms with van der Waals surface area (Å²) in [4.78, 5) is 2.53. The first-order valence-corrected chi connectivity index (χ1v) is 6.23. The van der Waals surface area contributed by atoms with Crippen molar-refractivity contribution in [2.45, 2.75) is 45.1 Å². The molecule has 0 aromatic rings. The Balaban J connectivity index is 1.92. The van der Waals surface area contributed by atoms with Crippen molar-refractivity contribution >= 4 is 0 Å². The average molecular weight is 214 g/mol. The average Bonchev–Trinajstić information content (AvgIpc) is 2.17. The van der Waals surface area contributed by atoms with Gasteiger partial charge in [0.05, 0.1) is 5.60 Å². The third-order valence-corrected chi connectivity index (χ3v) is 2.97. The van der Waals surface area contributed by atoms with E-state index in [0.29, 0.717) is 0 Å². The number of hydrogen-bond donors (Lipinski definition) is 2. The highest BCUT2D eigenvalue weighted by molar-refractivity contribution is 4.68. The van der Waals surface area contributed by atoms with E-state index in [2.05, 4.69) is 10.2 Å². The third-order valence-electron chi connectivity index (χ3n) is 2.97. The van der Waals surface area contributed by atoms with Crippen LogP contribution in [0.25, 0.3) is 0 Å². The van der Waals surface area contributed by atoms with Crippen LogP contribution in [0.2, 0.25) is 0 Å². The molecule has 0 aromatic carbocycles. The van der Waals surface area contributed by atoms with Gasteiger partial charge in [0.15, 0.2) is 0 Å². The van der Waals surface area contributed by atoms with Gasteiger partial charge >= 0.3 is 0 Å². The highest BCUT2D eigenvalue weighted by Gasteiger charge is 2.12. The molecule has 1 fully saturated rings. The van der Waals surface area contributed by atoms with Crippen LogP contribution in [0.5, 0.6) is 0 Å². The zero-order valence-electron chi connectivity index (χ0n) is 10.3. The van der Waals surface area contributed by atoms with E-state index < -0.39 is 5.60 Å². The molecule has 90 valence electrons. The van der Waals surface area contributed by atoms with Crippen LogP contribution in [0.1, 0.15) is 39.5 Å². The van der Waals surface area contributed by atoms with Crippen LogP contribution < -0.4 is 5.32 Å². The highest BCUT2D eigenvalue weighted by atomic mass is 16.3. The molecule has 1 saturated heterocycles. The van der Waals surface area contributed by atoms with Gasteiger partial charge in [-0.3, -0.25) is 0 Å². The van der Waals surface area contributed by atoms with Gasteiger partial charge in [-0.05, 0) is 52.7 Å². The van der Waals surface area contributed by atoms with E-state index in [1.165, 1.54) is 32.4 Å². The van der Waals surface area contributed by atoms with Gasteiger partial charge in [-0.2, -0.15) is 0 Å². The van der Waals surface area contributed by atoms with Crippen molar-refractivity contribution in [3.8, 4) is 0 Å². The fraction of sp³-hybridized carbons (Fsp3) is 1.00. The highest BCUT2D eigenvalue weighted by Crippen LogP contribution is 2.07. The summed E-state index contributed by atoms with van der Waals surface area (Å²) in [6.07, 6.45) is 4.96. The van der Waals surface area contributed by atoms with Crippen molar-refractivity contribution in [3.63, 3.8) is 0 Å². The smallest absolute Gasteiger partial charge is 0.0603 e. The lowest BCUT2D eigenvalue weighted by Crippen LogP contribution is -2.37. The van der Waals surface area contributed by atoms with Gasteiger partial charge in [0.1, 0.15) is 0 Å². The Morgan fingerprint density at radius 3 is 2.40 bits per heavy atom. The minimum Gasteiger partial charge on any atom is -0.390 e. The van der Waals surface area contributed by atoms with Crippen molar-refractivity contribution in [3.05, 3.63) is 0 Å². The second kappa shape index (κ2) is 6.46. The summed E-state index contributed by atoms with van der Waals surface area (Å²) in [7, 11) is 0. The molecule has 0 unspecified atom stereocenters. The predicted molar refractivity (Wildman–Crippen MR) is 64.1 cm³/mol. The molecular weight excluding hydrogens is 188 g/mol. The first-order valence-electron chi connectivity index (χ1n) is 6.23. The summed E-state index contributed by atoms with van der Waals surface area (Å²) < 4.78 is 0. The quantitative estimate of drug-likeness (QED) is 0.653. The standard InChI is InChI=1S/C12H26N2O/c1-12(2,15)6-7-13-8-11-14-9-4-3-5-10-14/h13,15H,3-11H2,1-2H3. The van der Waals surface area contributed by atoms with E-state index >= 15 is 0 Å². The number of hydrogen-bond acceptors (Lipinski definition) is 3. The summed E-state index contributed by atoms with van der Waals surface area (Å²) in [6.45, 7) is 9.39. The molecule has 0 bridgehead atoms. The summed E-state index contributed by atoms with van der Waals surface area (Å²) in [6, 6.07) is 0. The molecule has 0 aliphatic carbocycles. The topological polar surface area (TPSA) is 35.5 Å². The molecule has 0 saturated carbocycles. The van der Waals surface area contributed by atoms with Gasteiger partial charge in [-0.25, -0.2) is 0 Å². The van der Waals surface area contributed by atoms with E-state index in [4.69, 9.17) is 0 Å². The maximum absolute atomic E-state index is 9.52. The normalized spacial score (nSPS) is 19.4. The fourth-order valence-corrected chi connectivity index (χ4v) is 1.94. The zero-order valence-corrected chi connectivity index (χ0v) is 10.3. The van der Waals surface area contributed by atoms with Crippen LogP contribution in [-0.4, -0.2) is 48.3 Å². The van der Waals surface area contributed by atoms with E-state index in [1.807, 2.05) is 13.8 Å². The first-order chi connectivity index (χ1) is 7.08. The molecule has 2 N–H and O–H groups in total.